The van der Waals surface area contributed by atoms with Crippen molar-refractivity contribution in [2.45, 2.75) is 13.5 Å². The minimum Gasteiger partial charge on any atom is -0.507 e. The molecule has 2 N–H and O–H groups in total. The van der Waals surface area contributed by atoms with Crippen molar-refractivity contribution in [3.63, 3.8) is 0 Å². The molecule has 6 nitrogen and oxygen atoms in total. The summed E-state index contributed by atoms with van der Waals surface area (Å²) in [5.74, 6) is 1.90. The molecule has 0 saturated carbocycles. The summed E-state index contributed by atoms with van der Waals surface area (Å²) < 4.78 is 16.0. The van der Waals surface area contributed by atoms with Crippen LogP contribution in [0, 0.1) is 0 Å². The van der Waals surface area contributed by atoms with E-state index in [1.807, 2.05) is 19.1 Å². The van der Waals surface area contributed by atoms with E-state index in [1.54, 1.807) is 18.3 Å². The summed E-state index contributed by atoms with van der Waals surface area (Å²) >= 11 is 0. The van der Waals surface area contributed by atoms with Crippen molar-refractivity contribution >= 4 is 5.69 Å². The lowest BCUT2D eigenvalue weighted by molar-refractivity contribution is 0.174. The van der Waals surface area contributed by atoms with E-state index in [4.69, 9.17) is 14.2 Å². The number of aromatic hydroxyl groups is 1. The summed E-state index contributed by atoms with van der Waals surface area (Å²) in [6.07, 6.45) is 1.67. The van der Waals surface area contributed by atoms with Crippen LogP contribution in [0.25, 0.3) is 0 Å². The molecule has 0 amide bonds. The summed E-state index contributed by atoms with van der Waals surface area (Å²) in [4.78, 5) is 4.17. The van der Waals surface area contributed by atoms with Crippen molar-refractivity contribution in [1.82, 2.24) is 4.98 Å². The third kappa shape index (κ3) is 2.79. The van der Waals surface area contributed by atoms with E-state index >= 15 is 0 Å². The third-order valence-electron chi connectivity index (χ3n) is 3.10. The lowest BCUT2D eigenvalue weighted by atomic mass is 10.1. The zero-order chi connectivity index (χ0) is 14.7. The third-order valence-corrected chi connectivity index (χ3v) is 3.10. The molecule has 0 atom stereocenters. The molecule has 2 aromatic rings. The van der Waals surface area contributed by atoms with Gasteiger partial charge in [0, 0.05) is 24.4 Å². The summed E-state index contributed by atoms with van der Waals surface area (Å²) in [7, 11) is 0. The van der Waals surface area contributed by atoms with Crippen molar-refractivity contribution in [3.8, 4) is 23.1 Å². The van der Waals surface area contributed by atoms with Crippen LogP contribution in [-0.4, -0.2) is 23.5 Å². The average Bonchev–Trinajstić information content (AvgIpc) is 2.93. The van der Waals surface area contributed by atoms with Crippen LogP contribution in [0.1, 0.15) is 12.5 Å². The number of nitrogens with zero attached hydrogens (tertiary/aromatic N) is 1. The fraction of sp³-hybridized carbons (Fsp3) is 0.267. The number of nitrogens with one attached hydrogen (secondary N) is 1. The van der Waals surface area contributed by atoms with E-state index in [9.17, 15) is 5.11 Å². The SMILES string of the molecule is CCOc1ncccc1NCc1cc2c(cc1O)OCO2. The molecule has 0 unspecified atom stereocenters. The number of pyridine rings is 1. The van der Waals surface area contributed by atoms with Gasteiger partial charge in [-0.1, -0.05) is 0 Å². The maximum absolute atomic E-state index is 10.0. The highest BCUT2D eigenvalue weighted by atomic mass is 16.7. The molecule has 1 aliphatic heterocycles. The van der Waals surface area contributed by atoms with Gasteiger partial charge in [0.05, 0.1) is 12.3 Å². The highest BCUT2D eigenvalue weighted by Gasteiger charge is 2.17. The molecule has 0 radical (unpaired) electrons. The number of ether oxygens (including phenoxy) is 3. The van der Waals surface area contributed by atoms with Gasteiger partial charge in [0.25, 0.3) is 0 Å². The van der Waals surface area contributed by atoms with Crippen molar-refractivity contribution < 1.29 is 19.3 Å². The Bertz CT molecular complexity index is 646. The first kappa shape index (κ1) is 13.4. The lowest BCUT2D eigenvalue weighted by Crippen LogP contribution is -2.04. The fourth-order valence-electron chi connectivity index (χ4n) is 2.08. The quantitative estimate of drug-likeness (QED) is 0.880. The van der Waals surface area contributed by atoms with E-state index in [1.165, 1.54) is 0 Å². The number of aromatic nitrogens is 1. The van der Waals surface area contributed by atoms with E-state index in [2.05, 4.69) is 10.3 Å². The second kappa shape index (κ2) is 5.78. The molecule has 1 aromatic carbocycles. The smallest absolute Gasteiger partial charge is 0.237 e. The average molecular weight is 288 g/mol. The second-order valence-corrected chi connectivity index (χ2v) is 4.48. The van der Waals surface area contributed by atoms with Crippen LogP contribution >= 0.6 is 0 Å². The Morgan fingerprint density at radius 1 is 1.33 bits per heavy atom. The van der Waals surface area contributed by atoms with Crippen LogP contribution in [0.5, 0.6) is 23.1 Å². The van der Waals surface area contributed by atoms with Gasteiger partial charge in [-0.15, -0.1) is 0 Å². The predicted octanol–water partition coefficient (Wildman–Crippen LogP) is 2.53. The molecule has 1 aromatic heterocycles. The van der Waals surface area contributed by atoms with Crippen molar-refractivity contribution in [2.75, 3.05) is 18.7 Å². The lowest BCUT2D eigenvalue weighted by Gasteiger charge is -2.12. The maximum Gasteiger partial charge on any atom is 0.237 e. The first-order valence-electron chi connectivity index (χ1n) is 6.71. The first-order valence-corrected chi connectivity index (χ1v) is 6.71. The first-order chi connectivity index (χ1) is 10.3. The fourth-order valence-corrected chi connectivity index (χ4v) is 2.08. The van der Waals surface area contributed by atoms with Gasteiger partial charge >= 0.3 is 0 Å². The van der Waals surface area contributed by atoms with Gasteiger partial charge in [0.2, 0.25) is 12.7 Å². The van der Waals surface area contributed by atoms with Gasteiger partial charge in [0.1, 0.15) is 5.75 Å². The highest BCUT2D eigenvalue weighted by Crippen LogP contribution is 2.38. The normalized spacial score (nSPS) is 12.2. The molecule has 0 spiro atoms. The van der Waals surface area contributed by atoms with Crippen molar-refractivity contribution in [1.29, 1.82) is 0 Å². The zero-order valence-electron chi connectivity index (χ0n) is 11.6. The number of rotatable bonds is 5. The minimum absolute atomic E-state index is 0.161. The Morgan fingerprint density at radius 3 is 2.95 bits per heavy atom. The molecule has 0 saturated heterocycles. The van der Waals surface area contributed by atoms with Crippen molar-refractivity contribution in [3.05, 3.63) is 36.0 Å². The molecular weight excluding hydrogens is 272 g/mol. The maximum atomic E-state index is 10.0. The van der Waals surface area contributed by atoms with Gasteiger partial charge in [0.15, 0.2) is 11.5 Å². The Kier molecular flexibility index (Phi) is 3.68. The zero-order valence-corrected chi connectivity index (χ0v) is 11.6. The van der Waals surface area contributed by atoms with Gasteiger partial charge in [-0.2, -0.15) is 0 Å². The van der Waals surface area contributed by atoms with E-state index in [0.717, 1.165) is 5.69 Å². The van der Waals surface area contributed by atoms with E-state index < -0.39 is 0 Å². The topological polar surface area (TPSA) is 72.8 Å². The van der Waals surface area contributed by atoms with Crippen LogP contribution < -0.4 is 19.5 Å². The summed E-state index contributed by atoms with van der Waals surface area (Å²) in [5.41, 5.74) is 1.49. The number of hydrogen-bond acceptors (Lipinski definition) is 6. The highest BCUT2D eigenvalue weighted by molar-refractivity contribution is 5.55. The Hall–Kier alpha value is -2.63. The Morgan fingerprint density at radius 2 is 2.14 bits per heavy atom. The molecule has 3 rings (SSSR count). The van der Waals surface area contributed by atoms with Gasteiger partial charge in [-0.05, 0) is 25.1 Å². The second-order valence-electron chi connectivity index (χ2n) is 4.48. The number of phenolic OH excluding ortho intramolecular Hbond substituents is 1. The van der Waals surface area contributed by atoms with Crippen LogP contribution in [0.3, 0.4) is 0 Å². The van der Waals surface area contributed by atoms with Gasteiger partial charge in [-0.3, -0.25) is 0 Å². The molecular formula is C15H16N2O4. The largest absolute Gasteiger partial charge is 0.507 e. The molecule has 6 heteroatoms. The summed E-state index contributed by atoms with van der Waals surface area (Å²) in [6, 6.07) is 7.03. The molecule has 0 aliphatic carbocycles. The minimum atomic E-state index is 0.161. The molecule has 21 heavy (non-hydrogen) atoms. The molecule has 110 valence electrons. The van der Waals surface area contributed by atoms with Crippen LogP contribution in [0.15, 0.2) is 30.5 Å². The van der Waals surface area contributed by atoms with E-state index in [-0.39, 0.29) is 12.5 Å². The van der Waals surface area contributed by atoms with Gasteiger partial charge in [-0.25, -0.2) is 4.98 Å². The molecule has 2 heterocycles. The predicted molar refractivity (Wildman–Crippen MR) is 77.0 cm³/mol. The Balaban J connectivity index is 1.76. The number of benzene rings is 1. The summed E-state index contributed by atoms with van der Waals surface area (Å²) in [5, 5.41) is 13.2. The molecule has 0 fully saturated rings. The number of hydrogen-bond donors (Lipinski definition) is 2. The van der Waals surface area contributed by atoms with Crippen LogP contribution in [0.2, 0.25) is 0 Å². The van der Waals surface area contributed by atoms with Crippen LogP contribution in [0.4, 0.5) is 5.69 Å². The summed E-state index contributed by atoms with van der Waals surface area (Å²) in [6.45, 7) is 3.06. The monoisotopic (exact) mass is 288 g/mol. The number of phenols is 1. The molecule has 0 bridgehead atoms. The van der Waals surface area contributed by atoms with Crippen molar-refractivity contribution in [2.24, 2.45) is 0 Å². The molecule has 1 aliphatic rings. The number of anilines is 1. The Labute approximate surface area is 122 Å². The number of fused-ring (bicyclic) bond motifs is 1. The van der Waals surface area contributed by atoms with Crippen LogP contribution in [-0.2, 0) is 6.54 Å². The van der Waals surface area contributed by atoms with E-state index in [0.29, 0.717) is 36.1 Å². The standard InChI is InChI=1S/C15H16N2O4/c1-2-19-15-11(4-3-5-16-15)17-8-10-6-13-14(7-12(10)18)21-9-20-13/h3-7,17-18H,2,8-9H2,1H3. The van der Waals surface area contributed by atoms with Gasteiger partial charge < -0.3 is 24.6 Å².